The van der Waals surface area contributed by atoms with Gasteiger partial charge in [-0.15, -0.1) is 0 Å². The molecule has 2 rings (SSSR count). The summed E-state index contributed by atoms with van der Waals surface area (Å²) in [5.41, 5.74) is 3.74. The Balaban J connectivity index is 2.15. The number of anilines is 1. The predicted molar refractivity (Wildman–Crippen MR) is 47.4 cm³/mol. The van der Waals surface area contributed by atoms with Gasteiger partial charge in [0.1, 0.15) is 0 Å². The zero-order chi connectivity index (χ0) is 9.80. The fourth-order valence-electron chi connectivity index (χ4n) is 0.981. The summed E-state index contributed by atoms with van der Waals surface area (Å²) in [4.78, 5) is 11.5. The minimum absolute atomic E-state index is 0.105. The monoisotopic (exact) mass is 190 g/mol. The lowest BCUT2D eigenvalue weighted by atomic mass is 10.3. The van der Waals surface area contributed by atoms with Crippen molar-refractivity contribution in [3.63, 3.8) is 0 Å². The van der Waals surface area contributed by atoms with E-state index in [1.807, 2.05) is 30.3 Å². The summed E-state index contributed by atoms with van der Waals surface area (Å²) in [7, 11) is 0. The van der Waals surface area contributed by atoms with Crippen LogP contribution in [0.3, 0.4) is 0 Å². The van der Waals surface area contributed by atoms with Crippen LogP contribution in [0.5, 0.6) is 0 Å². The second-order valence-electron chi connectivity index (χ2n) is 2.58. The topological polar surface area (TPSA) is 74.6 Å². The van der Waals surface area contributed by atoms with Crippen LogP contribution in [-0.4, -0.2) is 21.7 Å². The summed E-state index contributed by atoms with van der Waals surface area (Å²) in [5.74, 6) is 0.105. The van der Waals surface area contributed by atoms with E-state index in [1.165, 1.54) is 4.91 Å². The van der Waals surface area contributed by atoms with Crippen molar-refractivity contribution in [2.45, 2.75) is 0 Å². The second kappa shape index (κ2) is 3.65. The number of aldehydes is 1. The molecule has 0 radical (unpaired) electrons. The highest BCUT2D eigenvalue weighted by Gasteiger charge is 2.08. The van der Waals surface area contributed by atoms with Crippen molar-refractivity contribution in [3.05, 3.63) is 36.2 Å². The normalized spacial score (nSPS) is 9.71. The molecule has 2 N–H and O–H groups in total. The number of aromatic nitrogens is 4. The van der Waals surface area contributed by atoms with Crippen LogP contribution < -0.4 is 10.3 Å². The van der Waals surface area contributed by atoms with Gasteiger partial charge in [-0.3, -0.25) is 4.79 Å². The van der Waals surface area contributed by atoms with Crippen LogP contribution in [-0.2, 0) is 0 Å². The first-order valence-electron chi connectivity index (χ1n) is 4.00. The van der Waals surface area contributed by atoms with Crippen molar-refractivity contribution in [1.82, 2.24) is 15.4 Å². The maximum atomic E-state index is 10.3. The number of carbonyl (C=O) groups excluding carboxylic acids is 1. The molecule has 70 valence electrons. The maximum absolute atomic E-state index is 10.3. The van der Waals surface area contributed by atoms with Crippen LogP contribution >= 0.6 is 0 Å². The SMILES string of the molecule is O=Cc1n[nH][n+](Nc2ccccc2)n1. The van der Waals surface area contributed by atoms with E-state index in [1.54, 1.807) is 0 Å². The Labute approximate surface area is 79.5 Å². The minimum Gasteiger partial charge on any atom is -0.292 e. The quantitative estimate of drug-likeness (QED) is 0.518. The maximum Gasteiger partial charge on any atom is 0.373 e. The zero-order valence-electron chi connectivity index (χ0n) is 7.21. The van der Waals surface area contributed by atoms with Crippen LogP contribution in [0.2, 0.25) is 0 Å². The molecule has 0 spiro atoms. The zero-order valence-corrected chi connectivity index (χ0v) is 7.21. The number of nitrogens with zero attached hydrogens (tertiary/aromatic N) is 3. The van der Waals surface area contributed by atoms with Gasteiger partial charge in [-0.2, -0.15) is 5.43 Å². The predicted octanol–water partition coefficient (Wildman–Crippen LogP) is -0.220. The highest BCUT2D eigenvalue weighted by Crippen LogP contribution is 2.01. The van der Waals surface area contributed by atoms with Gasteiger partial charge < -0.3 is 0 Å². The molecule has 0 fully saturated rings. The summed E-state index contributed by atoms with van der Waals surface area (Å²) >= 11 is 0. The number of hydrogen-bond acceptors (Lipinski definition) is 4. The van der Waals surface area contributed by atoms with Crippen molar-refractivity contribution in [1.29, 1.82) is 0 Å². The van der Waals surface area contributed by atoms with Gasteiger partial charge in [0.2, 0.25) is 6.29 Å². The number of tetrazole rings is 1. The molecule has 1 heterocycles. The van der Waals surface area contributed by atoms with Gasteiger partial charge in [-0.25, -0.2) is 0 Å². The number of nitrogens with one attached hydrogen (secondary N) is 2. The highest BCUT2D eigenvalue weighted by atomic mass is 16.1. The molecule has 0 atom stereocenters. The standard InChI is InChI=1S/C8H7N5O/c14-6-8-9-12-13(11-8)10-7-4-2-1-3-5-7/h1-6,10H/p+1. The van der Waals surface area contributed by atoms with Gasteiger partial charge in [0.15, 0.2) is 0 Å². The first-order chi connectivity index (χ1) is 6.88. The third-order valence-corrected chi connectivity index (χ3v) is 1.58. The molecule has 0 unspecified atom stereocenters. The molecule has 2 aromatic rings. The summed E-state index contributed by atoms with van der Waals surface area (Å²) in [6, 6.07) is 9.43. The van der Waals surface area contributed by atoms with Crippen molar-refractivity contribution in [2.24, 2.45) is 0 Å². The van der Waals surface area contributed by atoms with Crippen molar-refractivity contribution in [3.8, 4) is 0 Å². The average molecular weight is 190 g/mol. The average Bonchev–Trinajstić information content (AvgIpc) is 2.67. The molecule has 0 saturated heterocycles. The first-order valence-corrected chi connectivity index (χ1v) is 4.00. The van der Waals surface area contributed by atoms with Crippen molar-refractivity contribution >= 4 is 12.0 Å². The lowest BCUT2D eigenvalue weighted by molar-refractivity contribution is -0.758. The molecule has 0 bridgehead atoms. The highest BCUT2D eigenvalue weighted by molar-refractivity contribution is 5.67. The van der Waals surface area contributed by atoms with E-state index in [2.05, 4.69) is 20.8 Å². The van der Waals surface area contributed by atoms with Gasteiger partial charge >= 0.3 is 5.82 Å². The van der Waals surface area contributed by atoms with E-state index in [0.717, 1.165) is 5.69 Å². The molecule has 0 amide bonds. The fraction of sp³-hybridized carbons (Fsp3) is 0. The van der Waals surface area contributed by atoms with Gasteiger partial charge in [0.05, 0.1) is 15.7 Å². The molecule has 6 nitrogen and oxygen atoms in total. The summed E-state index contributed by atoms with van der Waals surface area (Å²) < 4.78 is 0. The molecule has 0 aliphatic heterocycles. The van der Waals surface area contributed by atoms with E-state index < -0.39 is 0 Å². The first kappa shape index (κ1) is 8.36. The molecule has 1 aromatic carbocycles. The van der Waals surface area contributed by atoms with Gasteiger partial charge in [-0.05, 0) is 17.3 Å². The van der Waals surface area contributed by atoms with E-state index >= 15 is 0 Å². The Kier molecular flexibility index (Phi) is 2.18. The number of para-hydroxylation sites is 1. The minimum atomic E-state index is 0.105. The number of carbonyl (C=O) groups is 1. The summed E-state index contributed by atoms with van der Waals surface area (Å²) in [5, 5.41) is 9.94. The van der Waals surface area contributed by atoms with Crippen molar-refractivity contribution in [2.75, 3.05) is 5.43 Å². The Morgan fingerprint density at radius 1 is 1.36 bits per heavy atom. The van der Waals surface area contributed by atoms with E-state index in [0.29, 0.717) is 6.29 Å². The second-order valence-corrected chi connectivity index (χ2v) is 2.58. The summed E-state index contributed by atoms with van der Waals surface area (Å²) in [6.45, 7) is 0. The number of rotatable bonds is 3. The van der Waals surface area contributed by atoms with Gasteiger partial charge in [-0.1, -0.05) is 18.2 Å². The van der Waals surface area contributed by atoms with Crippen LogP contribution in [0, 0.1) is 0 Å². The van der Waals surface area contributed by atoms with E-state index in [4.69, 9.17) is 0 Å². The molecular weight excluding hydrogens is 182 g/mol. The number of H-pyrrole nitrogens is 1. The summed E-state index contributed by atoms with van der Waals surface area (Å²) in [6.07, 6.45) is 0.569. The van der Waals surface area contributed by atoms with Crippen LogP contribution in [0.15, 0.2) is 30.3 Å². The Bertz CT molecular complexity index is 424. The Morgan fingerprint density at radius 3 is 2.79 bits per heavy atom. The Hall–Kier alpha value is -2.24. The smallest absolute Gasteiger partial charge is 0.292 e. The number of aromatic amines is 1. The third-order valence-electron chi connectivity index (χ3n) is 1.58. The van der Waals surface area contributed by atoms with E-state index in [-0.39, 0.29) is 5.82 Å². The lowest BCUT2D eigenvalue weighted by Gasteiger charge is -1.95. The molecule has 0 saturated carbocycles. The number of hydrogen-bond donors (Lipinski definition) is 2. The Morgan fingerprint density at radius 2 is 2.14 bits per heavy atom. The largest absolute Gasteiger partial charge is 0.373 e. The van der Waals surface area contributed by atoms with E-state index in [9.17, 15) is 4.79 Å². The molecule has 6 heteroatoms. The third kappa shape index (κ3) is 1.74. The van der Waals surface area contributed by atoms with Crippen LogP contribution in [0.25, 0.3) is 0 Å². The van der Waals surface area contributed by atoms with Crippen LogP contribution in [0.1, 0.15) is 10.6 Å². The van der Waals surface area contributed by atoms with Crippen LogP contribution in [0.4, 0.5) is 5.69 Å². The lowest BCUT2D eigenvalue weighted by Crippen LogP contribution is -2.47. The molecular formula is C8H8N5O+. The van der Waals surface area contributed by atoms with Gasteiger partial charge in [0, 0.05) is 5.10 Å². The molecule has 1 aromatic heterocycles. The molecule has 0 aliphatic carbocycles. The number of benzene rings is 1. The fourth-order valence-corrected chi connectivity index (χ4v) is 0.981. The molecule has 0 aliphatic rings. The molecule has 14 heavy (non-hydrogen) atoms. The van der Waals surface area contributed by atoms with Crippen molar-refractivity contribution < 1.29 is 9.70 Å². The van der Waals surface area contributed by atoms with Gasteiger partial charge in [0.25, 0.3) is 0 Å².